The van der Waals surface area contributed by atoms with Crippen molar-refractivity contribution in [1.82, 2.24) is 5.32 Å². The summed E-state index contributed by atoms with van der Waals surface area (Å²) in [6, 6.07) is 11.0. The van der Waals surface area contributed by atoms with E-state index < -0.39 is 0 Å². The first-order valence-corrected chi connectivity index (χ1v) is 6.37. The van der Waals surface area contributed by atoms with Gasteiger partial charge in [-0.05, 0) is 16.9 Å². The van der Waals surface area contributed by atoms with E-state index in [1.165, 1.54) is 0 Å². The molecule has 19 heavy (non-hydrogen) atoms. The van der Waals surface area contributed by atoms with Crippen LogP contribution in [0.5, 0.6) is 5.75 Å². The van der Waals surface area contributed by atoms with Crippen molar-refractivity contribution in [3.8, 4) is 5.75 Å². The summed E-state index contributed by atoms with van der Waals surface area (Å²) in [5.41, 5.74) is 0.338. The molecule has 0 saturated carbocycles. The lowest BCUT2D eigenvalue weighted by atomic mass is 9.96. The number of rotatable bonds is 2. The van der Waals surface area contributed by atoms with E-state index in [4.69, 9.17) is 0 Å². The molecule has 0 aliphatic rings. The van der Waals surface area contributed by atoms with E-state index in [9.17, 15) is 9.90 Å². The number of phenolic OH excluding ortho intramolecular Hbond substituents is 1. The summed E-state index contributed by atoms with van der Waals surface area (Å²) in [5.74, 6) is -0.192. The van der Waals surface area contributed by atoms with Crippen molar-refractivity contribution in [3.63, 3.8) is 0 Å². The van der Waals surface area contributed by atoms with Gasteiger partial charge in [0, 0.05) is 11.9 Å². The topological polar surface area (TPSA) is 49.3 Å². The monoisotopic (exact) mass is 257 g/mol. The van der Waals surface area contributed by atoms with E-state index in [0.717, 1.165) is 5.39 Å². The lowest BCUT2D eigenvalue weighted by Gasteiger charge is -2.19. The Balaban J connectivity index is 2.30. The first kappa shape index (κ1) is 13.4. The number of hydrogen-bond acceptors (Lipinski definition) is 2. The summed E-state index contributed by atoms with van der Waals surface area (Å²) in [6.45, 7) is 6.71. The third kappa shape index (κ3) is 3.05. The van der Waals surface area contributed by atoms with Gasteiger partial charge >= 0.3 is 0 Å². The summed E-state index contributed by atoms with van der Waals surface area (Å²) in [4.78, 5) is 12.1. The number of amides is 1. The number of aromatic hydroxyl groups is 1. The molecule has 0 heterocycles. The van der Waals surface area contributed by atoms with Gasteiger partial charge in [-0.15, -0.1) is 0 Å². The molecule has 2 rings (SSSR count). The fraction of sp³-hybridized carbons (Fsp3) is 0.312. The highest BCUT2D eigenvalue weighted by Crippen LogP contribution is 2.28. The molecule has 2 aromatic rings. The molecule has 0 aromatic heterocycles. The highest BCUT2D eigenvalue weighted by molar-refractivity contribution is 6.03. The normalized spacial score (nSPS) is 11.5. The Hall–Kier alpha value is -2.03. The number of hydrogen-bond donors (Lipinski definition) is 2. The first-order chi connectivity index (χ1) is 8.88. The third-order valence-electron chi connectivity index (χ3n) is 2.92. The summed E-state index contributed by atoms with van der Waals surface area (Å²) in [6.07, 6.45) is 0. The van der Waals surface area contributed by atoms with Crippen molar-refractivity contribution >= 4 is 16.7 Å². The zero-order chi connectivity index (χ0) is 14.0. The van der Waals surface area contributed by atoms with E-state index in [1.54, 1.807) is 6.07 Å². The predicted molar refractivity (Wildman–Crippen MR) is 77.4 cm³/mol. The van der Waals surface area contributed by atoms with Gasteiger partial charge in [-0.2, -0.15) is 0 Å². The Morgan fingerprint density at radius 1 is 1.16 bits per heavy atom. The zero-order valence-electron chi connectivity index (χ0n) is 11.5. The molecule has 0 spiro atoms. The number of fused-ring (bicyclic) bond motifs is 1. The number of carbonyl (C=O) groups is 1. The van der Waals surface area contributed by atoms with Gasteiger partial charge in [0.15, 0.2) is 0 Å². The van der Waals surface area contributed by atoms with Crippen LogP contribution < -0.4 is 5.32 Å². The van der Waals surface area contributed by atoms with Crippen molar-refractivity contribution in [1.29, 1.82) is 0 Å². The fourth-order valence-electron chi connectivity index (χ4n) is 1.88. The molecular weight excluding hydrogens is 238 g/mol. The molecule has 1 amide bonds. The molecule has 0 bridgehead atoms. The molecule has 0 atom stereocenters. The lowest BCUT2D eigenvalue weighted by molar-refractivity contribution is 0.0937. The van der Waals surface area contributed by atoms with Crippen LogP contribution >= 0.6 is 0 Å². The van der Waals surface area contributed by atoms with Crippen LogP contribution in [0.3, 0.4) is 0 Å². The van der Waals surface area contributed by atoms with E-state index in [-0.39, 0.29) is 17.1 Å². The minimum Gasteiger partial charge on any atom is -0.506 e. The fourth-order valence-corrected chi connectivity index (χ4v) is 1.88. The molecule has 0 unspecified atom stereocenters. The molecule has 100 valence electrons. The minimum atomic E-state index is -0.238. The maximum Gasteiger partial charge on any atom is 0.255 e. The van der Waals surface area contributed by atoms with Gasteiger partial charge in [0.2, 0.25) is 0 Å². The molecule has 2 aromatic carbocycles. The van der Waals surface area contributed by atoms with E-state index in [2.05, 4.69) is 5.32 Å². The second-order valence-electron chi connectivity index (χ2n) is 5.93. The minimum absolute atomic E-state index is 0.0160. The Morgan fingerprint density at radius 3 is 2.53 bits per heavy atom. The van der Waals surface area contributed by atoms with Gasteiger partial charge in [-0.3, -0.25) is 4.79 Å². The summed E-state index contributed by atoms with van der Waals surface area (Å²) >= 11 is 0. The molecular formula is C16H19NO2. The number of benzene rings is 2. The Labute approximate surface area is 113 Å². The maximum atomic E-state index is 12.1. The highest BCUT2D eigenvalue weighted by Gasteiger charge is 2.16. The predicted octanol–water partition coefficient (Wildman–Crippen LogP) is 3.32. The molecule has 0 fully saturated rings. The van der Waals surface area contributed by atoms with Crippen LogP contribution in [-0.4, -0.2) is 17.6 Å². The molecule has 0 radical (unpaired) electrons. The Kier molecular flexibility index (Phi) is 3.47. The molecule has 0 aliphatic heterocycles. The summed E-state index contributed by atoms with van der Waals surface area (Å²) in [5, 5.41) is 14.7. The van der Waals surface area contributed by atoms with Gasteiger partial charge in [0.25, 0.3) is 5.91 Å². The standard InChI is InChI=1S/C16H19NO2/c1-16(2,3)10-17-15(19)13-9-8-11-6-4-5-7-12(11)14(13)18/h4-9,18H,10H2,1-3H3,(H,17,19). The van der Waals surface area contributed by atoms with E-state index in [0.29, 0.717) is 17.5 Å². The van der Waals surface area contributed by atoms with Gasteiger partial charge < -0.3 is 10.4 Å². The summed E-state index contributed by atoms with van der Waals surface area (Å²) in [7, 11) is 0. The van der Waals surface area contributed by atoms with Crippen LogP contribution in [0.25, 0.3) is 10.8 Å². The zero-order valence-corrected chi connectivity index (χ0v) is 11.5. The van der Waals surface area contributed by atoms with Crippen LogP contribution in [0.2, 0.25) is 0 Å². The van der Waals surface area contributed by atoms with Crippen molar-refractivity contribution in [2.24, 2.45) is 5.41 Å². The lowest BCUT2D eigenvalue weighted by Crippen LogP contribution is -2.32. The van der Waals surface area contributed by atoms with Crippen molar-refractivity contribution in [2.75, 3.05) is 6.54 Å². The number of phenols is 1. The van der Waals surface area contributed by atoms with Gasteiger partial charge in [-0.25, -0.2) is 0 Å². The second-order valence-corrected chi connectivity index (χ2v) is 5.93. The van der Waals surface area contributed by atoms with Gasteiger partial charge in [-0.1, -0.05) is 51.1 Å². The molecule has 3 nitrogen and oxygen atoms in total. The van der Waals surface area contributed by atoms with Crippen LogP contribution in [0.1, 0.15) is 31.1 Å². The number of nitrogens with one attached hydrogen (secondary N) is 1. The average molecular weight is 257 g/mol. The molecule has 0 saturated heterocycles. The number of carbonyl (C=O) groups excluding carboxylic acids is 1. The highest BCUT2D eigenvalue weighted by atomic mass is 16.3. The molecule has 0 aliphatic carbocycles. The molecule has 3 heteroatoms. The maximum absolute atomic E-state index is 12.1. The van der Waals surface area contributed by atoms with Crippen LogP contribution in [-0.2, 0) is 0 Å². The van der Waals surface area contributed by atoms with Crippen LogP contribution in [0.4, 0.5) is 0 Å². The van der Waals surface area contributed by atoms with Crippen LogP contribution in [0, 0.1) is 5.41 Å². The molecule has 2 N–H and O–H groups in total. The van der Waals surface area contributed by atoms with Gasteiger partial charge in [0.05, 0.1) is 5.56 Å². The smallest absolute Gasteiger partial charge is 0.255 e. The Morgan fingerprint density at radius 2 is 1.84 bits per heavy atom. The SMILES string of the molecule is CC(C)(C)CNC(=O)c1ccc2ccccc2c1O. The van der Waals surface area contributed by atoms with Crippen molar-refractivity contribution < 1.29 is 9.90 Å². The van der Waals surface area contributed by atoms with Crippen molar-refractivity contribution in [2.45, 2.75) is 20.8 Å². The third-order valence-corrected chi connectivity index (χ3v) is 2.92. The Bertz CT molecular complexity index is 612. The van der Waals surface area contributed by atoms with Crippen LogP contribution in [0.15, 0.2) is 36.4 Å². The summed E-state index contributed by atoms with van der Waals surface area (Å²) < 4.78 is 0. The van der Waals surface area contributed by atoms with Gasteiger partial charge in [0.1, 0.15) is 5.75 Å². The van der Waals surface area contributed by atoms with E-state index in [1.807, 2.05) is 51.1 Å². The quantitative estimate of drug-likeness (QED) is 0.867. The average Bonchev–Trinajstić information content (AvgIpc) is 2.36. The van der Waals surface area contributed by atoms with E-state index >= 15 is 0 Å². The first-order valence-electron chi connectivity index (χ1n) is 6.37. The van der Waals surface area contributed by atoms with Crippen molar-refractivity contribution in [3.05, 3.63) is 42.0 Å². The second kappa shape index (κ2) is 4.92. The largest absolute Gasteiger partial charge is 0.506 e.